The molecule has 8 heteroatoms. The van der Waals surface area contributed by atoms with Crippen molar-refractivity contribution in [1.82, 2.24) is 4.90 Å². The van der Waals surface area contributed by atoms with E-state index in [0.29, 0.717) is 31.1 Å². The van der Waals surface area contributed by atoms with Crippen LogP contribution in [0.15, 0.2) is 42.5 Å². The van der Waals surface area contributed by atoms with Crippen LogP contribution >= 0.6 is 0 Å². The number of rotatable bonds is 13. The molecule has 0 aliphatic rings. The molecular formula is C25H34N2O6. The quantitative estimate of drug-likeness (QED) is 0.446. The van der Waals surface area contributed by atoms with Gasteiger partial charge < -0.3 is 24.6 Å². The maximum absolute atomic E-state index is 12.6. The van der Waals surface area contributed by atoms with Crippen LogP contribution in [0.2, 0.25) is 0 Å². The number of amides is 1. The van der Waals surface area contributed by atoms with Crippen LogP contribution in [0, 0.1) is 13.8 Å². The van der Waals surface area contributed by atoms with E-state index in [9.17, 15) is 14.7 Å². The first-order chi connectivity index (χ1) is 15.8. The van der Waals surface area contributed by atoms with Crippen LogP contribution in [0.1, 0.15) is 28.4 Å². The molecule has 0 saturated carbocycles. The van der Waals surface area contributed by atoms with Gasteiger partial charge >= 0.3 is 5.97 Å². The molecule has 0 saturated heterocycles. The molecule has 180 valence electrons. The Morgan fingerprint density at radius 2 is 1.85 bits per heavy atom. The number of hydrogen-bond donors (Lipinski definition) is 2. The van der Waals surface area contributed by atoms with E-state index in [2.05, 4.69) is 5.32 Å². The third-order valence-electron chi connectivity index (χ3n) is 5.13. The summed E-state index contributed by atoms with van der Waals surface area (Å²) in [5, 5.41) is 13.4. The van der Waals surface area contributed by atoms with E-state index in [1.165, 1.54) is 0 Å². The number of ether oxygens (including phenoxy) is 3. The van der Waals surface area contributed by atoms with E-state index in [-0.39, 0.29) is 25.6 Å². The predicted molar refractivity (Wildman–Crippen MR) is 127 cm³/mol. The number of benzene rings is 2. The molecule has 0 aliphatic heterocycles. The molecule has 2 aromatic rings. The van der Waals surface area contributed by atoms with Gasteiger partial charge in [-0.1, -0.05) is 12.1 Å². The van der Waals surface area contributed by atoms with Gasteiger partial charge in [0.2, 0.25) is 5.91 Å². The molecule has 0 fully saturated rings. The highest BCUT2D eigenvalue weighted by Gasteiger charge is 2.17. The summed E-state index contributed by atoms with van der Waals surface area (Å²) in [5.41, 5.74) is 3.34. The van der Waals surface area contributed by atoms with Crippen molar-refractivity contribution in [1.29, 1.82) is 0 Å². The van der Waals surface area contributed by atoms with Crippen molar-refractivity contribution in [3.05, 3.63) is 59.2 Å². The SMILES string of the molecule is CCOC(=O)c1ccc(OCC(O)CN(CCOC)CC(=O)Nc2cccc(C)c2C)cc1. The van der Waals surface area contributed by atoms with Crippen LogP contribution in [0.4, 0.5) is 5.69 Å². The van der Waals surface area contributed by atoms with Crippen molar-refractivity contribution in [3.63, 3.8) is 0 Å². The third kappa shape index (κ3) is 8.84. The Bertz CT molecular complexity index is 900. The third-order valence-corrected chi connectivity index (χ3v) is 5.13. The maximum atomic E-state index is 12.6. The van der Waals surface area contributed by atoms with Gasteiger partial charge in [0.05, 0.1) is 25.3 Å². The Balaban J connectivity index is 1.88. The zero-order valence-electron chi connectivity index (χ0n) is 19.8. The fraction of sp³-hybridized carbons (Fsp3) is 0.440. The molecule has 0 heterocycles. The Labute approximate surface area is 195 Å². The smallest absolute Gasteiger partial charge is 0.338 e. The minimum atomic E-state index is -0.819. The molecular weight excluding hydrogens is 424 g/mol. The summed E-state index contributed by atoms with van der Waals surface area (Å²) in [6.07, 6.45) is -0.819. The van der Waals surface area contributed by atoms with E-state index in [0.717, 1.165) is 16.8 Å². The summed E-state index contributed by atoms with van der Waals surface area (Å²) in [6, 6.07) is 12.3. The lowest BCUT2D eigenvalue weighted by atomic mass is 10.1. The number of carbonyl (C=O) groups is 2. The number of nitrogens with zero attached hydrogens (tertiary/aromatic N) is 1. The van der Waals surface area contributed by atoms with E-state index in [1.54, 1.807) is 38.3 Å². The normalized spacial score (nSPS) is 11.8. The number of esters is 1. The summed E-state index contributed by atoms with van der Waals surface area (Å²) in [7, 11) is 1.59. The first-order valence-corrected chi connectivity index (χ1v) is 11.0. The molecule has 2 aromatic carbocycles. The van der Waals surface area contributed by atoms with Gasteiger partial charge in [-0.15, -0.1) is 0 Å². The zero-order valence-corrected chi connectivity index (χ0v) is 19.8. The average Bonchev–Trinajstić information content (AvgIpc) is 2.79. The molecule has 2 N–H and O–H groups in total. The van der Waals surface area contributed by atoms with Gasteiger partial charge in [0.25, 0.3) is 0 Å². The Morgan fingerprint density at radius 3 is 2.52 bits per heavy atom. The van der Waals surface area contributed by atoms with Crippen molar-refractivity contribution < 1.29 is 28.9 Å². The number of hydrogen-bond acceptors (Lipinski definition) is 7. The van der Waals surface area contributed by atoms with Crippen LogP contribution in [0.5, 0.6) is 5.75 Å². The Kier molecular flexibility index (Phi) is 10.8. The Hall–Kier alpha value is -2.94. The lowest BCUT2D eigenvalue weighted by Crippen LogP contribution is -2.42. The number of aryl methyl sites for hydroxylation is 1. The summed E-state index contributed by atoms with van der Waals surface area (Å²) in [5.74, 6) is -0.0299. The van der Waals surface area contributed by atoms with E-state index < -0.39 is 12.1 Å². The number of aliphatic hydroxyl groups is 1. The number of aliphatic hydroxyl groups excluding tert-OH is 1. The van der Waals surface area contributed by atoms with Crippen molar-refractivity contribution >= 4 is 17.6 Å². The Morgan fingerprint density at radius 1 is 1.12 bits per heavy atom. The highest BCUT2D eigenvalue weighted by atomic mass is 16.5. The molecule has 1 unspecified atom stereocenters. The van der Waals surface area contributed by atoms with Crippen LogP contribution < -0.4 is 10.1 Å². The van der Waals surface area contributed by atoms with Gasteiger partial charge in [0.1, 0.15) is 18.5 Å². The molecule has 1 amide bonds. The standard InChI is InChI=1S/C25H34N2O6/c1-5-32-25(30)20-9-11-22(12-10-20)33-17-21(28)15-27(13-14-31-4)16-24(29)26-23-8-6-7-18(2)19(23)3/h6-12,21,28H,5,13-17H2,1-4H3,(H,26,29). The monoisotopic (exact) mass is 458 g/mol. The average molecular weight is 459 g/mol. The molecule has 1 atom stereocenters. The molecule has 0 bridgehead atoms. The molecule has 0 radical (unpaired) electrons. The largest absolute Gasteiger partial charge is 0.491 e. The van der Waals surface area contributed by atoms with Crippen LogP contribution in [-0.4, -0.2) is 74.6 Å². The maximum Gasteiger partial charge on any atom is 0.338 e. The fourth-order valence-electron chi connectivity index (χ4n) is 3.18. The first-order valence-electron chi connectivity index (χ1n) is 11.0. The number of nitrogens with one attached hydrogen (secondary N) is 1. The summed E-state index contributed by atoms with van der Waals surface area (Å²) in [6.45, 7) is 7.34. The zero-order chi connectivity index (χ0) is 24.2. The lowest BCUT2D eigenvalue weighted by molar-refractivity contribution is -0.117. The van der Waals surface area contributed by atoms with Gasteiger partial charge in [0.15, 0.2) is 0 Å². The van der Waals surface area contributed by atoms with E-state index in [4.69, 9.17) is 14.2 Å². The van der Waals surface area contributed by atoms with Crippen molar-refractivity contribution in [3.8, 4) is 5.75 Å². The van der Waals surface area contributed by atoms with Crippen LogP contribution in [0.3, 0.4) is 0 Å². The van der Waals surface area contributed by atoms with Crippen LogP contribution in [0.25, 0.3) is 0 Å². The van der Waals surface area contributed by atoms with Crippen LogP contribution in [-0.2, 0) is 14.3 Å². The summed E-state index contributed by atoms with van der Waals surface area (Å²) >= 11 is 0. The minimum absolute atomic E-state index is 0.0425. The molecule has 0 spiro atoms. The molecule has 33 heavy (non-hydrogen) atoms. The van der Waals surface area contributed by atoms with Gasteiger partial charge in [-0.3, -0.25) is 9.69 Å². The summed E-state index contributed by atoms with van der Waals surface area (Å²) < 4.78 is 15.7. The second-order valence-electron chi connectivity index (χ2n) is 7.73. The van der Waals surface area contributed by atoms with Gasteiger partial charge in [-0.05, 0) is 62.2 Å². The minimum Gasteiger partial charge on any atom is -0.491 e. The highest BCUT2D eigenvalue weighted by molar-refractivity contribution is 5.93. The van der Waals surface area contributed by atoms with Crippen molar-refractivity contribution in [2.45, 2.75) is 26.9 Å². The van der Waals surface area contributed by atoms with Gasteiger partial charge in [0, 0.05) is 25.9 Å². The van der Waals surface area contributed by atoms with Gasteiger partial charge in [-0.2, -0.15) is 0 Å². The second kappa shape index (κ2) is 13.6. The molecule has 0 aliphatic carbocycles. The highest BCUT2D eigenvalue weighted by Crippen LogP contribution is 2.18. The fourth-order valence-corrected chi connectivity index (χ4v) is 3.18. The first kappa shape index (κ1) is 26.3. The van der Waals surface area contributed by atoms with Crippen molar-refractivity contribution in [2.24, 2.45) is 0 Å². The molecule has 8 nitrogen and oxygen atoms in total. The molecule has 0 aromatic heterocycles. The number of methoxy groups -OCH3 is 1. The second-order valence-corrected chi connectivity index (χ2v) is 7.73. The number of anilines is 1. The predicted octanol–water partition coefficient (Wildman–Crippen LogP) is 2.81. The lowest BCUT2D eigenvalue weighted by Gasteiger charge is -2.24. The van der Waals surface area contributed by atoms with E-state index in [1.807, 2.05) is 36.9 Å². The number of carbonyl (C=O) groups excluding carboxylic acids is 2. The molecule has 2 rings (SSSR count). The summed E-state index contributed by atoms with van der Waals surface area (Å²) in [4.78, 5) is 26.1. The topological polar surface area (TPSA) is 97.3 Å². The van der Waals surface area contributed by atoms with Gasteiger partial charge in [-0.25, -0.2) is 4.79 Å². The van der Waals surface area contributed by atoms with E-state index >= 15 is 0 Å². The van der Waals surface area contributed by atoms with Crippen molar-refractivity contribution in [2.75, 3.05) is 51.9 Å².